The second-order valence-electron chi connectivity index (χ2n) is 6.31. The third-order valence-corrected chi connectivity index (χ3v) is 6.48. The van der Waals surface area contributed by atoms with E-state index in [0.29, 0.717) is 21.4 Å². The lowest BCUT2D eigenvalue weighted by molar-refractivity contribution is -0.114. The molecule has 0 atom stereocenters. The number of nitrogens with one attached hydrogen (secondary N) is 1. The first-order valence-electron chi connectivity index (χ1n) is 8.67. The molecule has 3 rings (SSSR count). The van der Waals surface area contributed by atoms with Gasteiger partial charge >= 0.3 is 0 Å². The molecule has 8 heteroatoms. The quantitative estimate of drug-likeness (QED) is 0.567. The van der Waals surface area contributed by atoms with Crippen LogP contribution in [0.25, 0.3) is 0 Å². The topological polar surface area (TPSA) is 66.5 Å². The van der Waals surface area contributed by atoms with Crippen LogP contribution in [0.2, 0.25) is 10.0 Å². The standard InChI is InChI=1S/C21H18Cl2N2O3S/c1-15-4-2-3-5-20(15)25(29(27,28)19-12-8-17(23)9-13-19)14-21(26)24-18-10-6-16(22)7-11-18/h2-13H,14H2,1H3,(H,24,26). The van der Waals surface area contributed by atoms with Gasteiger partial charge in [0.2, 0.25) is 5.91 Å². The Hall–Kier alpha value is -2.54. The number of para-hydroxylation sites is 1. The van der Waals surface area contributed by atoms with Gasteiger partial charge in [-0.3, -0.25) is 9.10 Å². The molecule has 150 valence electrons. The Morgan fingerprint density at radius 1 is 0.897 bits per heavy atom. The smallest absolute Gasteiger partial charge is 0.264 e. The summed E-state index contributed by atoms with van der Waals surface area (Å²) in [5, 5.41) is 3.66. The maximum absolute atomic E-state index is 13.3. The van der Waals surface area contributed by atoms with Gasteiger partial charge in [-0.1, -0.05) is 41.4 Å². The van der Waals surface area contributed by atoms with Crippen molar-refractivity contribution in [3.05, 3.63) is 88.4 Å². The number of anilines is 2. The zero-order valence-electron chi connectivity index (χ0n) is 15.5. The van der Waals surface area contributed by atoms with Crippen LogP contribution in [0.5, 0.6) is 0 Å². The first kappa shape index (κ1) is 21.2. The van der Waals surface area contributed by atoms with Crippen molar-refractivity contribution >= 4 is 50.5 Å². The van der Waals surface area contributed by atoms with Gasteiger partial charge in [0.25, 0.3) is 10.0 Å². The number of carbonyl (C=O) groups excluding carboxylic acids is 1. The predicted molar refractivity (Wildman–Crippen MR) is 117 cm³/mol. The van der Waals surface area contributed by atoms with Crippen LogP contribution in [0.15, 0.2) is 77.7 Å². The Balaban J connectivity index is 1.95. The summed E-state index contributed by atoms with van der Waals surface area (Å²) in [6.07, 6.45) is 0. The van der Waals surface area contributed by atoms with Crippen LogP contribution in [0, 0.1) is 6.92 Å². The molecule has 0 bridgehead atoms. The van der Waals surface area contributed by atoms with Gasteiger partial charge in [0.15, 0.2) is 0 Å². The summed E-state index contributed by atoms with van der Waals surface area (Å²) >= 11 is 11.7. The Bertz CT molecular complexity index is 1120. The Morgan fingerprint density at radius 3 is 2.03 bits per heavy atom. The number of rotatable bonds is 6. The minimum absolute atomic E-state index is 0.0458. The highest BCUT2D eigenvalue weighted by atomic mass is 35.5. The zero-order chi connectivity index (χ0) is 21.0. The molecular formula is C21H18Cl2N2O3S. The summed E-state index contributed by atoms with van der Waals surface area (Å²) in [5.41, 5.74) is 1.67. The lowest BCUT2D eigenvalue weighted by atomic mass is 10.2. The van der Waals surface area contributed by atoms with Crippen LogP contribution in [0.1, 0.15) is 5.56 Å². The van der Waals surface area contributed by atoms with Crippen molar-refractivity contribution in [2.24, 2.45) is 0 Å². The lowest BCUT2D eigenvalue weighted by Crippen LogP contribution is -2.38. The number of hydrogen-bond acceptors (Lipinski definition) is 3. The highest BCUT2D eigenvalue weighted by Crippen LogP contribution is 2.27. The maximum atomic E-state index is 13.3. The van der Waals surface area contributed by atoms with E-state index in [4.69, 9.17) is 23.2 Å². The van der Waals surface area contributed by atoms with Crippen LogP contribution in [-0.2, 0) is 14.8 Å². The molecule has 0 aliphatic carbocycles. The Labute approximate surface area is 179 Å². The molecule has 0 saturated heterocycles. The fraction of sp³-hybridized carbons (Fsp3) is 0.0952. The normalized spacial score (nSPS) is 11.1. The molecule has 0 unspecified atom stereocenters. The number of hydrogen-bond donors (Lipinski definition) is 1. The summed E-state index contributed by atoms with van der Waals surface area (Å²) in [7, 11) is -3.99. The van der Waals surface area contributed by atoms with Gasteiger partial charge in [0.1, 0.15) is 6.54 Å². The average molecular weight is 449 g/mol. The molecule has 3 aromatic rings. The van der Waals surface area contributed by atoms with Crippen molar-refractivity contribution in [3.8, 4) is 0 Å². The molecule has 0 aliphatic heterocycles. The van der Waals surface area contributed by atoms with Crippen LogP contribution in [0.3, 0.4) is 0 Å². The number of carbonyl (C=O) groups is 1. The van der Waals surface area contributed by atoms with Gasteiger partial charge in [-0.05, 0) is 67.1 Å². The van der Waals surface area contributed by atoms with Crippen LogP contribution in [0.4, 0.5) is 11.4 Å². The minimum Gasteiger partial charge on any atom is -0.325 e. The molecule has 0 aliphatic rings. The zero-order valence-corrected chi connectivity index (χ0v) is 17.8. The van der Waals surface area contributed by atoms with E-state index >= 15 is 0 Å². The van der Waals surface area contributed by atoms with E-state index in [-0.39, 0.29) is 4.90 Å². The Morgan fingerprint density at radius 2 is 1.45 bits per heavy atom. The van der Waals surface area contributed by atoms with Crippen molar-refractivity contribution < 1.29 is 13.2 Å². The summed E-state index contributed by atoms with van der Waals surface area (Å²) in [6.45, 7) is 1.40. The fourth-order valence-electron chi connectivity index (χ4n) is 2.74. The third kappa shape index (κ3) is 5.09. The molecule has 5 nitrogen and oxygen atoms in total. The highest BCUT2D eigenvalue weighted by molar-refractivity contribution is 7.92. The van der Waals surface area contributed by atoms with Crippen LogP contribution >= 0.6 is 23.2 Å². The van der Waals surface area contributed by atoms with Crippen molar-refractivity contribution in [3.63, 3.8) is 0 Å². The molecule has 0 fully saturated rings. The Kier molecular flexibility index (Phi) is 6.47. The number of benzene rings is 3. The van der Waals surface area contributed by atoms with Crippen molar-refractivity contribution in [2.45, 2.75) is 11.8 Å². The van der Waals surface area contributed by atoms with Crippen LogP contribution < -0.4 is 9.62 Å². The molecule has 0 aromatic heterocycles. The third-order valence-electron chi connectivity index (χ3n) is 4.20. The van der Waals surface area contributed by atoms with Gasteiger partial charge in [-0.2, -0.15) is 0 Å². The van der Waals surface area contributed by atoms with E-state index in [1.54, 1.807) is 55.5 Å². The monoisotopic (exact) mass is 448 g/mol. The van der Waals surface area contributed by atoms with E-state index in [1.807, 2.05) is 0 Å². The highest BCUT2D eigenvalue weighted by Gasteiger charge is 2.28. The average Bonchev–Trinajstić information content (AvgIpc) is 2.69. The van der Waals surface area contributed by atoms with E-state index in [9.17, 15) is 13.2 Å². The molecule has 0 heterocycles. The summed E-state index contributed by atoms with van der Waals surface area (Å²) in [6, 6.07) is 19.4. The number of aryl methyl sites for hydroxylation is 1. The van der Waals surface area contributed by atoms with E-state index in [2.05, 4.69) is 5.32 Å². The van der Waals surface area contributed by atoms with Crippen LogP contribution in [-0.4, -0.2) is 20.9 Å². The molecule has 0 radical (unpaired) electrons. The van der Waals surface area contributed by atoms with Gasteiger partial charge in [-0.25, -0.2) is 8.42 Å². The van der Waals surface area contributed by atoms with E-state index in [0.717, 1.165) is 9.87 Å². The summed E-state index contributed by atoms with van der Waals surface area (Å²) in [5.74, 6) is -0.479. The van der Waals surface area contributed by atoms with E-state index < -0.39 is 22.5 Å². The molecule has 1 amide bonds. The lowest BCUT2D eigenvalue weighted by Gasteiger charge is -2.25. The molecule has 29 heavy (non-hydrogen) atoms. The number of halogens is 2. The van der Waals surface area contributed by atoms with Gasteiger partial charge in [0.05, 0.1) is 10.6 Å². The molecule has 3 aromatic carbocycles. The van der Waals surface area contributed by atoms with Gasteiger partial charge in [0, 0.05) is 15.7 Å². The maximum Gasteiger partial charge on any atom is 0.264 e. The fourth-order valence-corrected chi connectivity index (χ4v) is 4.48. The second-order valence-corrected chi connectivity index (χ2v) is 9.04. The molecule has 1 N–H and O–H groups in total. The first-order chi connectivity index (χ1) is 13.8. The molecular weight excluding hydrogens is 431 g/mol. The van der Waals surface area contributed by atoms with Crippen molar-refractivity contribution in [2.75, 3.05) is 16.2 Å². The first-order valence-corrected chi connectivity index (χ1v) is 10.9. The van der Waals surface area contributed by atoms with Gasteiger partial charge in [-0.15, -0.1) is 0 Å². The van der Waals surface area contributed by atoms with Gasteiger partial charge < -0.3 is 5.32 Å². The summed E-state index contributed by atoms with van der Waals surface area (Å²) in [4.78, 5) is 12.7. The minimum atomic E-state index is -3.99. The van der Waals surface area contributed by atoms with E-state index in [1.165, 1.54) is 24.3 Å². The summed E-state index contributed by atoms with van der Waals surface area (Å²) < 4.78 is 27.7. The van der Waals surface area contributed by atoms with Crippen molar-refractivity contribution in [1.29, 1.82) is 0 Å². The largest absolute Gasteiger partial charge is 0.325 e. The number of sulfonamides is 1. The van der Waals surface area contributed by atoms with Crippen molar-refractivity contribution in [1.82, 2.24) is 0 Å². The molecule has 0 spiro atoms. The predicted octanol–water partition coefficient (Wildman–Crippen LogP) is 5.14. The molecule has 0 saturated carbocycles. The SMILES string of the molecule is Cc1ccccc1N(CC(=O)Nc1ccc(Cl)cc1)S(=O)(=O)c1ccc(Cl)cc1. The number of amides is 1. The number of nitrogens with zero attached hydrogens (tertiary/aromatic N) is 1. The second kappa shape index (κ2) is 8.86.